The Bertz CT molecular complexity index is 1040. The van der Waals surface area contributed by atoms with Gasteiger partial charge in [-0.3, -0.25) is 9.10 Å². The molecule has 10 heteroatoms. The SMILES string of the molecule is CC[C@@H](C(=O)N1CCN(c2cccc(C(F)(F)F)c2)CC1)N(c1ccccc1)S(C)(=O)=O. The minimum Gasteiger partial charge on any atom is -0.368 e. The van der Waals surface area contributed by atoms with Crippen LogP contribution in [-0.2, 0) is 21.0 Å². The average Bonchev–Trinajstić information content (AvgIpc) is 2.76. The third-order valence-electron chi connectivity index (χ3n) is 5.45. The number of carbonyl (C=O) groups is 1. The highest BCUT2D eigenvalue weighted by Crippen LogP contribution is 2.32. The number of carbonyl (C=O) groups excluding carboxylic acids is 1. The molecular weight excluding hydrogens is 443 g/mol. The minimum absolute atomic E-state index is 0.286. The fourth-order valence-electron chi connectivity index (χ4n) is 3.89. The predicted molar refractivity (Wildman–Crippen MR) is 118 cm³/mol. The maximum absolute atomic E-state index is 13.3. The monoisotopic (exact) mass is 469 g/mol. The van der Waals surface area contributed by atoms with Crippen LogP contribution in [0.1, 0.15) is 18.9 Å². The van der Waals surface area contributed by atoms with Gasteiger partial charge < -0.3 is 9.80 Å². The highest BCUT2D eigenvalue weighted by Gasteiger charge is 2.36. The average molecular weight is 470 g/mol. The molecule has 0 spiro atoms. The van der Waals surface area contributed by atoms with Crippen LogP contribution in [0.15, 0.2) is 54.6 Å². The van der Waals surface area contributed by atoms with Gasteiger partial charge in [-0.05, 0) is 36.8 Å². The molecule has 6 nitrogen and oxygen atoms in total. The van der Waals surface area contributed by atoms with E-state index in [0.29, 0.717) is 24.5 Å². The van der Waals surface area contributed by atoms with Crippen LogP contribution in [0.3, 0.4) is 0 Å². The van der Waals surface area contributed by atoms with E-state index in [-0.39, 0.29) is 25.4 Å². The summed E-state index contributed by atoms with van der Waals surface area (Å²) in [6, 6.07) is 12.7. The summed E-state index contributed by atoms with van der Waals surface area (Å²) in [4.78, 5) is 16.7. The van der Waals surface area contributed by atoms with Gasteiger partial charge in [0.25, 0.3) is 0 Å². The van der Waals surface area contributed by atoms with Gasteiger partial charge in [-0.15, -0.1) is 0 Å². The highest BCUT2D eigenvalue weighted by molar-refractivity contribution is 7.92. The van der Waals surface area contributed by atoms with Gasteiger partial charge in [0.05, 0.1) is 17.5 Å². The van der Waals surface area contributed by atoms with Gasteiger partial charge in [0.1, 0.15) is 6.04 Å². The molecule has 3 rings (SSSR count). The van der Waals surface area contributed by atoms with E-state index in [4.69, 9.17) is 0 Å². The van der Waals surface area contributed by atoms with Crippen LogP contribution in [0.4, 0.5) is 24.5 Å². The molecular formula is C22H26F3N3O3S. The van der Waals surface area contributed by atoms with Gasteiger partial charge in [0.15, 0.2) is 0 Å². The summed E-state index contributed by atoms with van der Waals surface area (Å²) in [6.45, 7) is 3.04. The molecule has 0 bridgehead atoms. The Morgan fingerprint density at radius 1 is 1.03 bits per heavy atom. The Labute approximate surface area is 186 Å². The standard InChI is InChI=1S/C22H26F3N3O3S/c1-3-20(28(32(2,30)31)18-9-5-4-6-10-18)21(29)27-14-12-26(13-15-27)19-11-7-8-17(16-19)22(23,24)25/h4-11,16,20H,3,12-15H2,1-2H3/t20-/m0/s1. The second kappa shape index (κ2) is 9.40. The molecule has 2 aromatic carbocycles. The number of nitrogens with zero attached hydrogens (tertiary/aromatic N) is 3. The van der Waals surface area contributed by atoms with Crippen molar-refractivity contribution in [1.82, 2.24) is 4.90 Å². The van der Waals surface area contributed by atoms with Crippen molar-refractivity contribution in [2.75, 3.05) is 41.6 Å². The van der Waals surface area contributed by atoms with Crippen molar-refractivity contribution in [3.05, 3.63) is 60.2 Å². The molecule has 0 N–H and O–H groups in total. The summed E-state index contributed by atoms with van der Waals surface area (Å²) in [5, 5.41) is 0. The lowest BCUT2D eigenvalue weighted by Gasteiger charge is -2.39. The number of hydrogen-bond acceptors (Lipinski definition) is 4. The molecule has 2 aromatic rings. The molecule has 1 heterocycles. The number of para-hydroxylation sites is 1. The summed E-state index contributed by atoms with van der Waals surface area (Å²) in [5.41, 5.74) is 0.144. The highest BCUT2D eigenvalue weighted by atomic mass is 32.2. The number of rotatable bonds is 6. The number of halogens is 3. The number of benzene rings is 2. The van der Waals surface area contributed by atoms with Crippen LogP contribution in [-0.4, -0.2) is 57.7 Å². The molecule has 1 amide bonds. The first kappa shape index (κ1) is 23.9. The van der Waals surface area contributed by atoms with Gasteiger partial charge in [-0.25, -0.2) is 8.42 Å². The zero-order chi connectivity index (χ0) is 23.5. The van der Waals surface area contributed by atoms with Crippen LogP contribution >= 0.6 is 0 Å². The fourth-order valence-corrected chi connectivity index (χ4v) is 5.10. The van der Waals surface area contributed by atoms with Crippen LogP contribution in [0, 0.1) is 0 Å². The largest absolute Gasteiger partial charge is 0.416 e. The maximum atomic E-state index is 13.3. The van der Waals surface area contributed by atoms with Gasteiger partial charge in [-0.1, -0.05) is 31.2 Å². The third-order valence-corrected chi connectivity index (χ3v) is 6.63. The molecule has 0 aliphatic carbocycles. The first-order chi connectivity index (χ1) is 15.0. The van der Waals surface area contributed by atoms with Crippen molar-refractivity contribution in [3.63, 3.8) is 0 Å². The maximum Gasteiger partial charge on any atom is 0.416 e. The topological polar surface area (TPSA) is 60.9 Å². The quantitative estimate of drug-likeness (QED) is 0.649. The van der Waals surface area contributed by atoms with Crippen LogP contribution in [0.5, 0.6) is 0 Å². The molecule has 0 saturated carbocycles. The predicted octanol–water partition coefficient (Wildman–Crippen LogP) is 3.60. The second-order valence-electron chi connectivity index (χ2n) is 7.68. The van der Waals surface area contributed by atoms with E-state index in [9.17, 15) is 26.4 Å². The lowest BCUT2D eigenvalue weighted by molar-refractivity contribution is -0.137. The molecule has 174 valence electrons. The summed E-state index contributed by atoms with van der Waals surface area (Å²) in [5.74, 6) is -0.314. The molecule has 0 unspecified atom stereocenters. The van der Waals surface area contributed by atoms with Crippen molar-refractivity contribution in [1.29, 1.82) is 0 Å². The number of anilines is 2. The molecule has 1 saturated heterocycles. The molecule has 1 aliphatic heterocycles. The van der Waals surface area contributed by atoms with E-state index in [0.717, 1.165) is 22.7 Å². The number of sulfonamides is 1. The van der Waals surface area contributed by atoms with E-state index in [1.165, 1.54) is 6.07 Å². The second-order valence-corrected chi connectivity index (χ2v) is 9.54. The van der Waals surface area contributed by atoms with Gasteiger partial charge in [-0.2, -0.15) is 13.2 Å². The summed E-state index contributed by atoms with van der Waals surface area (Å²) in [7, 11) is -3.72. The van der Waals surface area contributed by atoms with Gasteiger partial charge in [0.2, 0.25) is 15.9 Å². The smallest absolute Gasteiger partial charge is 0.368 e. The molecule has 0 aromatic heterocycles. The number of alkyl halides is 3. The Hall–Kier alpha value is -2.75. The normalized spacial score (nSPS) is 16.0. The lowest BCUT2D eigenvalue weighted by Crippen LogP contribution is -2.56. The zero-order valence-electron chi connectivity index (χ0n) is 17.9. The third kappa shape index (κ3) is 5.35. The van der Waals surface area contributed by atoms with E-state index >= 15 is 0 Å². The van der Waals surface area contributed by atoms with E-state index < -0.39 is 27.8 Å². The molecule has 1 aliphatic rings. The van der Waals surface area contributed by atoms with E-state index in [1.807, 2.05) is 0 Å². The van der Waals surface area contributed by atoms with Crippen LogP contribution in [0.2, 0.25) is 0 Å². The Morgan fingerprint density at radius 3 is 2.19 bits per heavy atom. The first-order valence-corrected chi connectivity index (χ1v) is 12.1. The van der Waals surface area contributed by atoms with Crippen LogP contribution < -0.4 is 9.21 Å². The van der Waals surface area contributed by atoms with Crippen LogP contribution in [0.25, 0.3) is 0 Å². The van der Waals surface area contributed by atoms with E-state index in [1.54, 1.807) is 53.1 Å². The molecule has 1 atom stereocenters. The van der Waals surface area contributed by atoms with Crippen molar-refractivity contribution in [2.45, 2.75) is 25.6 Å². The molecule has 0 radical (unpaired) electrons. The van der Waals surface area contributed by atoms with Gasteiger partial charge >= 0.3 is 6.18 Å². The minimum atomic E-state index is -4.42. The van der Waals surface area contributed by atoms with Gasteiger partial charge in [0, 0.05) is 31.9 Å². The number of hydrogen-bond donors (Lipinski definition) is 0. The van der Waals surface area contributed by atoms with Crippen molar-refractivity contribution < 1.29 is 26.4 Å². The Kier molecular flexibility index (Phi) is 7.02. The fraction of sp³-hybridized carbons (Fsp3) is 0.409. The lowest BCUT2D eigenvalue weighted by atomic mass is 10.1. The summed E-state index contributed by atoms with van der Waals surface area (Å²) >= 11 is 0. The zero-order valence-corrected chi connectivity index (χ0v) is 18.7. The van der Waals surface area contributed by atoms with Crippen molar-refractivity contribution in [2.24, 2.45) is 0 Å². The number of amides is 1. The summed E-state index contributed by atoms with van der Waals surface area (Å²) in [6.07, 6.45) is -3.06. The first-order valence-electron chi connectivity index (χ1n) is 10.3. The van der Waals surface area contributed by atoms with Crippen molar-refractivity contribution >= 4 is 27.3 Å². The Morgan fingerprint density at radius 2 is 1.66 bits per heavy atom. The molecule has 32 heavy (non-hydrogen) atoms. The summed E-state index contributed by atoms with van der Waals surface area (Å²) < 4.78 is 65.2. The molecule has 1 fully saturated rings. The van der Waals surface area contributed by atoms with Crippen molar-refractivity contribution in [3.8, 4) is 0 Å². The number of piperazine rings is 1. The van der Waals surface area contributed by atoms with E-state index in [2.05, 4.69) is 0 Å². The Balaban J connectivity index is 1.75.